The van der Waals surface area contributed by atoms with Gasteiger partial charge in [0.1, 0.15) is 0 Å². The fourth-order valence-corrected chi connectivity index (χ4v) is 1.78. The molecule has 0 saturated carbocycles. The second-order valence-corrected chi connectivity index (χ2v) is 5.70. The Morgan fingerprint density at radius 1 is 1.17 bits per heavy atom. The van der Waals surface area contributed by atoms with Gasteiger partial charge in [0.15, 0.2) is 0 Å². The first-order chi connectivity index (χ1) is 11.1. The molecule has 1 atom stereocenters. The molecular formula is C21H30O2. The smallest absolute Gasteiger partial charge is 0.305 e. The molecule has 0 rings (SSSR count). The minimum atomic E-state index is -0.147. The Morgan fingerprint density at radius 2 is 1.96 bits per heavy atom. The molecule has 0 bridgehead atoms. The van der Waals surface area contributed by atoms with E-state index in [0.717, 1.165) is 32.1 Å². The van der Waals surface area contributed by atoms with Crippen LogP contribution in [0.25, 0.3) is 0 Å². The number of ether oxygens (including phenoxy) is 1. The average molecular weight is 314 g/mol. The first kappa shape index (κ1) is 21.1. The number of unbranched alkanes of at least 4 members (excludes halogenated alkanes) is 2. The SMILES string of the molecule is CCC(C=CC=CC#CCCCCC(=O)OC)CC#CC(C)C. The molecule has 0 fully saturated rings. The lowest BCUT2D eigenvalue weighted by atomic mass is 10.0. The van der Waals surface area contributed by atoms with Crippen LogP contribution in [0.4, 0.5) is 0 Å². The van der Waals surface area contributed by atoms with E-state index in [4.69, 9.17) is 0 Å². The maximum Gasteiger partial charge on any atom is 0.305 e. The summed E-state index contributed by atoms with van der Waals surface area (Å²) in [7, 11) is 1.42. The van der Waals surface area contributed by atoms with Crippen LogP contribution in [0.1, 0.15) is 59.3 Å². The zero-order valence-electron chi connectivity index (χ0n) is 15.0. The summed E-state index contributed by atoms with van der Waals surface area (Å²) in [6.07, 6.45) is 13.2. The molecule has 2 heteroatoms. The number of hydrogen-bond donors (Lipinski definition) is 0. The number of carbonyl (C=O) groups excluding carboxylic acids is 1. The summed E-state index contributed by atoms with van der Waals surface area (Å²) in [6.45, 7) is 6.41. The van der Waals surface area contributed by atoms with Crippen LogP contribution in [0.15, 0.2) is 24.3 Å². The van der Waals surface area contributed by atoms with Crippen LogP contribution in [0.5, 0.6) is 0 Å². The lowest BCUT2D eigenvalue weighted by molar-refractivity contribution is -0.140. The quantitative estimate of drug-likeness (QED) is 0.275. The molecule has 0 aromatic rings. The summed E-state index contributed by atoms with van der Waals surface area (Å²) in [5.74, 6) is 13.3. The molecule has 1 unspecified atom stereocenters. The molecular weight excluding hydrogens is 284 g/mol. The monoisotopic (exact) mass is 314 g/mol. The molecule has 0 aliphatic carbocycles. The summed E-state index contributed by atoms with van der Waals surface area (Å²) >= 11 is 0. The minimum Gasteiger partial charge on any atom is -0.469 e. The molecule has 0 saturated heterocycles. The van der Waals surface area contributed by atoms with Crippen molar-refractivity contribution in [1.82, 2.24) is 0 Å². The predicted octanol–water partition coefficient (Wildman–Crippen LogP) is 4.91. The zero-order chi connectivity index (χ0) is 17.3. The van der Waals surface area contributed by atoms with Crippen LogP contribution in [0, 0.1) is 35.5 Å². The van der Waals surface area contributed by atoms with Crippen LogP contribution >= 0.6 is 0 Å². The van der Waals surface area contributed by atoms with E-state index in [1.807, 2.05) is 12.2 Å². The van der Waals surface area contributed by atoms with E-state index in [-0.39, 0.29) is 5.97 Å². The van der Waals surface area contributed by atoms with Crippen molar-refractivity contribution in [2.45, 2.75) is 59.3 Å². The average Bonchev–Trinajstić information content (AvgIpc) is 2.54. The van der Waals surface area contributed by atoms with E-state index in [2.05, 4.69) is 61.3 Å². The zero-order valence-corrected chi connectivity index (χ0v) is 15.0. The minimum absolute atomic E-state index is 0.147. The fraction of sp³-hybridized carbons (Fsp3) is 0.571. The molecule has 0 aliphatic rings. The van der Waals surface area contributed by atoms with Gasteiger partial charge in [-0.05, 0) is 31.3 Å². The number of hydrogen-bond acceptors (Lipinski definition) is 2. The number of carbonyl (C=O) groups is 1. The maximum atomic E-state index is 10.9. The highest BCUT2D eigenvalue weighted by Gasteiger charge is 1.98. The van der Waals surface area contributed by atoms with Crippen molar-refractivity contribution < 1.29 is 9.53 Å². The van der Waals surface area contributed by atoms with Gasteiger partial charge in [0, 0.05) is 25.2 Å². The Morgan fingerprint density at radius 3 is 2.61 bits per heavy atom. The lowest BCUT2D eigenvalue weighted by Gasteiger charge is -2.03. The van der Waals surface area contributed by atoms with Gasteiger partial charge in [-0.2, -0.15) is 0 Å². The van der Waals surface area contributed by atoms with Gasteiger partial charge in [-0.25, -0.2) is 0 Å². The largest absolute Gasteiger partial charge is 0.469 e. The van der Waals surface area contributed by atoms with Crippen LogP contribution in [-0.4, -0.2) is 13.1 Å². The number of allylic oxidation sites excluding steroid dienone is 4. The second kappa shape index (κ2) is 15.0. The van der Waals surface area contributed by atoms with Crippen molar-refractivity contribution in [3.63, 3.8) is 0 Å². The van der Waals surface area contributed by atoms with E-state index in [0.29, 0.717) is 18.3 Å². The van der Waals surface area contributed by atoms with Gasteiger partial charge in [0.2, 0.25) is 0 Å². The molecule has 0 spiro atoms. The molecule has 0 radical (unpaired) electrons. The Bertz CT molecular complexity index is 489. The number of rotatable bonds is 8. The first-order valence-electron chi connectivity index (χ1n) is 8.47. The Labute approximate surface area is 142 Å². The lowest BCUT2D eigenvalue weighted by Crippen LogP contribution is -1.98. The predicted molar refractivity (Wildman–Crippen MR) is 97.6 cm³/mol. The molecule has 126 valence electrons. The Hall–Kier alpha value is -1.93. The van der Waals surface area contributed by atoms with E-state index in [9.17, 15) is 4.79 Å². The standard InChI is InChI=1S/C21H30O2/c1-5-20(17-14-15-19(2)3)16-12-10-8-6-7-9-11-13-18-21(22)23-4/h8,10,12,16,19-20H,5,9,11,13,17-18H2,1-4H3. The van der Waals surface area contributed by atoms with Crippen molar-refractivity contribution in [3.05, 3.63) is 24.3 Å². The Kier molecular flexibility index (Phi) is 13.7. The summed E-state index contributed by atoms with van der Waals surface area (Å²) < 4.78 is 4.58. The molecule has 0 N–H and O–H groups in total. The molecule has 2 nitrogen and oxygen atoms in total. The summed E-state index contributed by atoms with van der Waals surface area (Å²) in [5, 5.41) is 0. The summed E-state index contributed by atoms with van der Waals surface area (Å²) in [5.41, 5.74) is 0. The fourth-order valence-electron chi connectivity index (χ4n) is 1.78. The molecule has 0 aliphatic heterocycles. The van der Waals surface area contributed by atoms with E-state index >= 15 is 0 Å². The van der Waals surface area contributed by atoms with Crippen molar-refractivity contribution in [1.29, 1.82) is 0 Å². The van der Waals surface area contributed by atoms with Crippen LogP contribution in [0.3, 0.4) is 0 Å². The molecule has 0 aromatic heterocycles. The molecule has 23 heavy (non-hydrogen) atoms. The highest BCUT2D eigenvalue weighted by atomic mass is 16.5. The first-order valence-corrected chi connectivity index (χ1v) is 8.47. The normalized spacial score (nSPS) is 11.9. The van der Waals surface area contributed by atoms with Crippen molar-refractivity contribution in [2.75, 3.05) is 7.11 Å². The van der Waals surface area contributed by atoms with Crippen LogP contribution in [-0.2, 0) is 9.53 Å². The molecule has 0 aromatic carbocycles. The van der Waals surface area contributed by atoms with Gasteiger partial charge in [0.05, 0.1) is 7.11 Å². The number of esters is 1. The van der Waals surface area contributed by atoms with Gasteiger partial charge in [-0.1, -0.05) is 50.8 Å². The maximum absolute atomic E-state index is 10.9. The van der Waals surface area contributed by atoms with E-state index < -0.39 is 0 Å². The topological polar surface area (TPSA) is 26.3 Å². The van der Waals surface area contributed by atoms with Crippen LogP contribution < -0.4 is 0 Å². The second-order valence-electron chi connectivity index (χ2n) is 5.70. The van der Waals surface area contributed by atoms with Gasteiger partial charge < -0.3 is 4.74 Å². The van der Waals surface area contributed by atoms with E-state index in [1.54, 1.807) is 0 Å². The highest BCUT2D eigenvalue weighted by Crippen LogP contribution is 2.09. The van der Waals surface area contributed by atoms with Crippen LogP contribution in [0.2, 0.25) is 0 Å². The van der Waals surface area contributed by atoms with Gasteiger partial charge in [-0.15, -0.1) is 11.8 Å². The highest BCUT2D eigenvalue weighted by molar-refractivity contribution is 5.68. The van der Waals surface area contributed by atoms with Gasteiger partial charge >= 0.3 is 5.97 Å². The van der Waals surface area contributed by atoms with Crippen molar-refractivity contribution in [2.24, 2.45) is 11.8 Å². The summed E-state index contributed by atoms with van der Waals surface area (Å²) in [6, 6.07) is 0. The van der Waals surface area contributed by atoms with Gasteiger partial charge in [-0.3, -0.25) is 4.79 Å². The molecule has 0 heterocycles. The third-order valence-electron chi connectivity index (χ3n) is 3.22. The Balaban J connectivity index is 3.93. The third-order valence-corrected chi connectivity index (χ3v) is 3.22. The number of methoxy groups -OCH3 is 1. The summed E-state index contributed by atoms with van der Waals surface area (Å²) in [4.78, 5) is 10.9. The third kappa shape index (κ3) is 14.8. The molecule has 0 amide bonds. The van der Waals surface area contributed by atoms with E-state index in [1.165, 1.54) is 7.11 Å². The van der Waals surface area contributed by atoms with Crippen molar-refractivity contribution >= 4 is 5.97 Å². The van der Waals surface area contributed by atoms with Gasteiger partial charge in [0.25, 0.3) is 0 Å². The van der Waals surface area contributed by atoms with Crippen molar-refractivity contribution in [3.8, 4) is 23.7 Å².